The third-order valence-corrected chi connectivity index (χ3v) is 3.44. The van der Waals surface area contributed by atoms with Crippen LogP contribution >= 0.6 is 0 Å². The van der Waals surface area contributed by atoms with Crippen LogP contribution in [-0.2, 0) is 9.53 Å². The molecular weight excluding hydrogens is 278 g/mol. The van der Waals surface area contributed by atoms with Crippen molar-refractivity contribution in [1.82, 2.24) is 0 Å². The van der Waals surface area contributed by atoms with Crippen LogP contribution in [0.3, 0.4) is 0 Å². The van der Waals surface area contributed by atoms with Crippen LogP contribution < -0.4 is 10.5 Å². The van der Waals surface area contributed by atoms with Gasteiger partial charge in [0.05, 0.1) is 0 Å². The average Bonchev–Trinajstić information content (AvgIpc) is 2.42. The van der Waals surface area contributed by atoms with E-state index in [0.29, 0.717) is 17.2 Å². The summed E-state index contributed by atoms with van der Waals surface area (Å²) in [5.74, 6) is 0.497. The van der Waals surface area contributed by atoms with Crippen LogP contribution in [0.15, 0.2) is 42.5 Å². The number of nitrogens with two attached hydrogens (primary N) is 1. The second-order valence-corrected chi connectivity index (χ2v) is 6.40. The van der Waals surface area contributed by atoms with Gasteiger partial charge in [-0.05, 0) is 45.0 Å². The number of hydrogen-bond donors (Lipinski definition) is 1. The zero-order chi connectivity index (χ0) is 15.9. The topological polar surface area (TPSA) is 61.5 Å². The van der Waals surface area contributed by atoms with Crippen molar-refractivity contribution in [3.63, 3.8) is 0 Å². The number of hydrogen-bond acceptors (Lipinski definition) is 4. The summed E-state index contributed by atoms with van der Waals surface area (Å²) in [5.41, 5.74) is 7.47. The SMILES string of the molecule is CC(C)(C)OC(=O)C1c2ccccc2Oc2ccc(N)cc21. The second kappa shape index (κ2) is 5.05. The van der Waals surface area contributed by atoms with E-state index >= 15 is 0 Å². The predicted octanol–water partition coefficient (Wildman–Crippen LogP) is 3.85. The number of nitrogen functional groups attached to an aromatic ring is 1. The Morgan fingerprint density at radius 2 is 1.77 bits per heavy atom. The molecule has 0 bridgehead atoms. The summed E-state index contributed by atoms with van der Waals surface area (Å²) in [7, 11) is 0. The number of para-hydroxylation sites is 1. The molecule has 2 aromatic carbocycles. The van der Waals surface area contributed by atoms with Crippen LogP contribution in [0, 0.1) is 0 Å². The van der Waals surface area contributed by atoms with Crippen molar-refractivity contribution in [2.75, 3.05) is 5.73 Å². The van der Waals surface area contributed by atoms with Gasteiger partial charge in [-0.25, -0.2) is 0 Å². The molecule has 114 valence electrons. The Morgan fingerprint density at radius 3 is 2.50 bits per heavy atom. The van der Waals surface area contributed by atoms with Gasteiger partial charge in [0, 0.05) is 16.8 Å². The Labute approximate surface area is 129 Å². The van der Waals surface area contributed by atoms with Crippen molar-refractivity contribution in [1.29, 1.82) is 0 Å². The van der Waals surface area contributed by atoms with Crippen molar-refractivity contribution in [2.45, 2.75) is 32.3 Å². The van der Waals surface area contributed by atoms with Gasteiger partial charge in [0.25, 0.3) is 0 Å². The van der Waals surface area contributed by atoms with E-state index in [1.807, 2.05) is 45.0 Å². The largest absolute Gasteiger partial charge is 0.459 e. The first-order chi connectivity index (χ1) is 10.3. The van der Waals surface area contributed by atoms with E-state index in [0.717, 1.165) is 11.1 Å². The summed E-state index contributed by atoms with van der Waals surface area (Å²) in [4.78, 5) is 12.7. The highest BCUT2D eigenvalue weighted by atomic mass is 16.6. The second-order valence-electron chi connectivity index (χ2n) is 6.40. The maximum absolute atomic E-state index is 12.7. The lowest BCUT2D eigenvalue weighted by Gasteiger charge is -2.29. The summed E-state index contributed by atoms with van der Waals surface area (Å²) < 4.78 is 11.5. The van der Waals surface area contributed by atoms with Crippen molar-refractivity contribution >= 4 is 11.7 Å². The fourth-order valence-electron chi connectivity index (χ4n) is 2.60. The van der Waals surface area contributed by atoms with Crippen molar-refractivity contribution in [3.8, 4) is 11.5 Å². The van der Waals surface area contributed by atoms with Crippen molar-refractivity contribution < 1.29 is 14.3 Å². The predicted molar refractivity (Wildman–Crippen MR) is 85.1 cm³/mol. The first-order valence-corrected chi connectivity index (χ1v) is 7.24. The van der Waals surface area contributed by atoms with E-state index in [1.165, 1.54) is 0 Å². The van der Waals surface area contributed by atoms with Gasteiger partial charge in [-0.3, -0.25) is 4.79 Å². The molecule has 4 heteroatoms. The standard InChI is InChI=1S/C18H19NO3/c1-18(2,3)22-17(20)16-12-6-4-5-7-14(12)21-15-9-8-11(19)10-13(15)16/h4-10,16H,19H2,1-3H3. The lowest BCUT2D eigenvalue weighted by molar-refractivity contribution is -0.155. The molecule has 0 aromatic heterocycles. The summed E-state index contributed by atoms with van der Waals surface area (Å²) in [6, 6.07) is 12.8. The molecule has 0 fully saturated rings. The Morgan fingerprint density at radius 1 is 1.09 bits per heavy atom. The molecule has 1 aliphatic rings. The molecule has 1 unspecified atom stereocenters. The van der Waals surface area contributed by atoms with Gasteiger partial charge in [-0.1, -0.05) is 18.2 Å². The quantitative estimate of drug-likeness (QED) is 0.641. The minimum atomic E-state index is -0.551. The fraction of sp³-hybridized carbons (Fsp3) is 0.278. The van der Waals surface area contributed by atoms with Crippen LogP contribution in [0.25, 0.3) is 0 Å². The maximum atomic E-state index is 12.7. The Balaban J connectivity index is 2.11. The Bertz CT molecular complexity index is 731. The summed E-state index contributed by atoms with van der Waals surface area (Å²) in [6.45, 7) is 5.57. The van der Waals surface area contributed by atoms with Gasteiger partial charge in [0.2, 0.25) is 0 Å². The number of benzene rings is 2. The highest BCUT2D eigenvalue weighted by Gasteiger charge is 2.35. The van der Waals surface area contributed by atoms with Crippen molar-refractivity contribution in [3.05, 3.63) is 53.6 Å². The van der Waals surface area contributed by atoms with E-state index in [-0.39, 0.29) is 5.97 Å². The smallest absolute Gasteiger partial charge is 0.318 e. The Hall–Kier alpha value is -2.49. The van der Waals surface area contributed by atoms with E-state index < -0.39 is 11.5 Å². The van der Waals surface area contributed by atoms with Gasteiger partial charge in [-0.2, -0.15) is 0 Å². The number of rotatable bonds is 1. The summed E-state index contributed by atoms with van der Waals surface area (Å²) in [5, 5.41) is 0. The van der Waals surface area contributed by atoms with Crippen LogP contribution in [0.5, 0.6) is 11.5 Å². The zero-order valence-corrected chi connectivity index (χ0v) is 12.9. The summed E-state index contributed by atoms with van der Waals surface area (Å²) in [6.07, 6.45) is 0. The molecule has 4 nitrogen and oxygen atoms in total. The first-order valence-electron chi connectivity index (χ1n) is 7.24. The van der Waals surface area contributed by atoms with E-state index in [2.05, 4.69) is 0 Å². The van der Waals surface area contributed by atoms with Gasteiger partial charge in [0.15, 0.2) is 0 Å². The molecule has 3 rings (SSSR count). The molecule has 1 atom stereocenters. The highest BCUT2D eigenvalue weighted by Crippen LogP contribution is 2.45. The normalized spacial score (nSPS) is 16.2. The number of fused-ring (bicyclic) bond motifs is 2. The summed E-state index contributed by atoms with van der Waals surface area (Å²) >= 11 is 0. The van der Waals surface area contributed by atoms with Gasteiger partial charge in [-0.15, -0.1) is 0 Å². The molecule has 0 saturated carbocycles. The number of carbonyl (C=O) groups excluding carboxylic acids is 1. The fourth-order valence-corrected chi connectivity index (χ4v) is 2.60. The molecular formula is C18H19NO3. The molecule has 1 heterocycles. The molecule has 0 saturated heterocycles. The number of carbonyl (C=O) groups is 1. The zero-order valence-electron chi connectivity index (χ0n) is 12.9. The Kier molecular flexibility index (Phi) is 3.32. The van der Waals surface area contributed by atoms with Gasteiger partial charge < -0.3 is 15.2 Å². The highest BCUT2D eigenvalue weighted by molar-refractivity contribution is 5.86. The van der Waals surface area contributed by atoms with E-state index in [4.69, 9.17) is 15.2 Å². The lowest BCUT2D eigenvalue weighted by atomic mass is 9.87. The van der Waals surface area contributed by atoms with E-state index in [1.54, 1.807) is 18.2 Å². The lowest BCUT2D eigenvalue weighted by Crippen LogP contribution is -2.29. The van der Waals surface area contributed by atoms with Crippen LogP contribution in [-0.4, -0.2) is 11.6 Å². The van der Waals surface area contributed by atoms with Crippen LogP contribution in [0.2, 0.25) is 0 Å². The minimum Gasteiger partial charge on any atom is -0.459 e. The molecule has 0 spiro atoms. The van der Waals surface area contributed by atoms with Gasteiger partial charge >= 0.3 is 5.97 Å². The van der Waals surface area contributed by atoms with Crippen LogP contribution in [0.1, 0.15) is 37.8 Å². The average molecular weight is 297 g/mol. The molecule has 0 aliphatic carbocycles. The maximum Gasteiger partial charge on any atom is 0.318 e. The molecule has 0 amide bonds. The number of esters is 1. The number of ether oxygens (including phenoxy) is 2. The molecule has 2 aromatic rings. The third-order valence-electron chi connectivity index (χ3n) is 3.44. The molecule has 1 aliphatic heterocycles. The van der Waals surface area contributed by atoms with Crippen molar-refractivity contribution in [2.24, 2.45) is 0 Å². The van der Waals surface area contributed by atoms with Gasteiger partial charge in [0.1, 0.15) is 23.0 Å². The minimum absolute atomic E-state index is 0.296. The van der Waals surface area contributed by atoms with E-state index in [9.17, 15) is 4.79 Å². The molecule has 22 heavy (non-hydrogen) atoms. The molecule has 0 radical (unpaired) electrons. The number of anilines is 1. The third kappa shape index (κ3) is 2.64. The molecule has 2 N–H and O–H groups in total. The monoisotopic (exact) mass is 297 g/mol. The van der Waals surface area contributed by atoms with Crippen LogP contribution in [0.4, 0.5) is 5.69 Å². The first kappa shape index (κ1) is 14.4.